The molecule has 0 spiro atoms. The van der Waals surface area contributed by atoms with Gasteiger partial charge in [0.25, 0.3) is 0 Å². The second kappa shape index (κ2) is 6.51. The van der Waals surface area contributed by atoms with Crippen LogP contribution in [0.5, 0.6) is 0 Å². The topological polar surface area (TPSA) is 42.0 Å². The van der Waals surface area contributed by atoms with Crippen LogP contribution in [0.1, 0.15) is 24.2 Å². The van der Waals surface area contributed by atoms with Gasteiger partial charge in [-0.25, -0.2) is 0 Å². The van der Waals surface area contributed by atoms with E-state index in [1.54, 1.807) is 12.5 Å². The first-order valence-corrected chi connectivity index (χ1v) is 8.40. The van der Waals surface area contributed by atoms with E-state index in [0.29, 0.717) is 12.1 Å². The van der Waals surface area contributed by atoms with Crippen molar-refractivity contribution in [2.45, 2.75) is 44.1 Å². The van der Waals surface area contributed by atoms with E-state index in [0.717, 1.165) is 38.4 Å². The van der Waals surface area contributed by atoms with Crippen molar-refractivity contribution in [1.82, 2.24) is 9.80 Å². The number of hydrogen-bond acceptors (Lipinski definition) is 5. The minimum atomic E-state index is 0.288. The Kier molecular flexibility index (Phi) is 4.25. The van der Waals surface area contributed by atoms with Gasteiger partial charge < -0.3 is 13.6 Å². The maximum Gasteiger partial charge on any atom is 0.117 e. The average molecular weight is 316 g/mol. The van der Waals surface area contributed by atoms with Crippen molar-refractivity contribution in [3.8, 4) is 0 Å². The van der Waals surface area contributed by atoms with Crippen molar-refractivity contribution < 1.29 is 13.6 Å². The number of hydrogen-bond donors (Lipinski definition) is 0. The lowest BCUT2D eigenvalue weighted by atomic mass is 10.00. The smallest absolute Gasteiger partial charge is 0.117 e. The lowest BCUT2D eigenvalue weighted by Gasteiger charge is -2.34. The van der Waals surface area contributed by atoms with Gasteiger partial charge in [-0.3, -0.25) is 9.80 Å². The van der Waals surface area contributed by atoms with Gasteiger partial charge in [-0.05, 0) is 38.1 Å². The molecule has 0 saturated carbocycles. The zero-order valence-electron chi connectivity index (χ0n) is 13.6. The lowest BCUT2D eigenvalue weighted by molar-refractivity contribution is -0.0391. The summed E-state index contributed by atoms with van der Waals surface area (Å²) in [6.07, 6.45) is 7.99. The highest BCUT2D eigenvalue weighted by molar-refractivity contribution is 5.09. The lowest BCUT2D eigenvalue weighted by Crippen LogP contribution is -2.46. The third-order valence-electron chi connectivity index (χ3n) is 5.12. The fraction of sp³-hybridized carbons (Fsp3) is 0.556. The highest BCUT2D eigenvalue weighted by Gasteiger charge is 2.45. The summed E-state index contributed by atoms with van der Waals surface area (Å²) in [5.41, 5.74) is 1.24. The molecular formula is C18H24N2O3. The maximum absolute atomic E-state index is 6.17. The van der Waals surface area contributed by atoms with Crippen molar-refractivity contribution in [1.29, 1.82) is 0 Å². The largest absolute Gasteiger partial charge is 0.472 e. The minimum Gasteiger partial charge on any atom is -0.472 e. The van der Waals surface area contributed by atoms with E-state index in [9.17, 15) is 0 Å². The van der Waals surface area contributed by atoms with E-state index < -0.39 is 0 Å². The number of nitrogens with zero attached hydrogens (tertiary/aromatic N) is 2. The molecule has 5 nitrogen and oxygen atoms in total. The Balaban J connectivity index is 1.48. The predicted molar refractivity (Wildman–Crippen MR) is 85.8 cm³/mol. The minimum absolute atomic E-state index is 0.288. The van der Waals surface area contributed by atoms with Crippen LogP contribution in [0.3, 0.4) is 0 Å². The molecule has 0 unspecified atom stereocenters. The predicted octanol–water partition coefficient (Wildman–Crippen LogP) is 2.74. The van der Waals surface area contributed by atoms with Crippen LogP contribution in [0.2, 0.25) is 0 Å². The quantitative estimate of drug-likeness (QED) is 0.848. The molecule has 3 atom stereocenters. The van der Waals surface area contributed by atoms with Gasteiger partial charge in [0.1, 0.15) is 5.76 Å². The van der Waals surface area contributed by atoms with Crippen molar-refractivity contribution in [2.24, 2.45) is 0 Å². The van der Waals surface area contributed by atoms with Crippen molar-refractivity contribution in [2.75, 3.05) is 20.2 Å². The molecule has 0 N–H and O–H groups in total. The van der Waals surface area contributed by atoms with Gasteiger partial charge in [0.2, 0.25) is 0 Å². The Labute approximate surface area is 136 Å². The van der Waals surface area contributed by atoms with Crippen LogP contribution in [0.25, 0.3) is 0 Å². The number of fused-ring (bicyclic) bond motifs is 1. The molecule has 124 valence electrons. The van der Waals surface area contributed by atoms with Gasteiger partial charge >= 0.3 is 0 Å². The Bertz CT molecular complexity index is 596. The Morgan fingerprint density at radius 2 is 2.26 bits per heavy atom. The molecule has 2 aromatic rings. The second-order valence-electron chi connectivity index (χ2n) is 6.67. The normalized spacial score (nSPS) is 28.3. The third kappa shape index (κ3) is 3.09. The van der Waals surface area contributed by atoms with Gasteiger partial charge in [0.15, 0.2) is 0 Å². The number of furan rings is 2. The first-order chi connectivity index (χ1) is 11.3. The summed E-state index contributed by atoms with van der Waals surface area (Å²) in [6, 6.07) is 6.94. The van der Waals surface area contributed by atoms with Crippen LogP contribution >= 0.6 is 0 Å². The Hall–Kier alpha value is -1.56. The molecule has 23 heavy (non-hydrogen) atoms. The standard InChI is InChI=1S/C18H24N2O3/c1-19(11-15-4-2-7-22-15)17-12-20(10-14-6-9-21-13-14)16-5-3-8-23-18(16)17/h2,4,6-7,9,13,16-18H,3,5,8,10-12H2,1H3/t16-,17-,18+/m1/s1. The molecular weight excluding hydrogens is 292 g/mol. The molecule has 0 radical (unpaired) electrons. The molecule has 2 fully saturated rings. The first-order valence-electron chi connectivity index (χ1n) is 8.40. The van der Waals surface area contributed by atoms with Gasteiger partial charge in [0, 0.05) is 31.3 Å². The Morgan fingerprint density at radius 1 is 1.30 bits per heavy atom. The summed E-state index contributed by atoms with van der Waals surface area (Å²) in [7, 11) is 2.17. The number of likely N-dealkylation sites (tertiary alicyclic amines) is 1. The van der Waals surface area contributed by atoms with E-state index >= 15 is 0 Å². The maximum atomic E-state index is 6.17. The fourth-order valence-corrected chi connectivity index (χ4v) is 3.98. The zero-order chi connectivity index (χ0) is 15.6. The summed E-state index contributed by atoms with van der Waals surface area (Å²) < 4.78 is 16.9. The molecule has 5 heteroatoms. The highest BCUT2D eigenvalue weighted by Crippen LogP contribution is 2.33. The van der Waals surface area contributed by atoms with Gasteiger partial charge in [-0.1, -0.05) is 0 Å². The van der Waals surface area contributed by atoms with Gasteiger partial charge in [-0.2, -0.15) is 0 Å². The molecule has 0 aliphatic carbocycles. The average Bonchev–Trinajstić information content (AvgIpc) is 3.29. The first kappa shape index (κ1) is 15.0. The van der Waals surface area contributed by atoms with E-state index in [4.69, 9.17) is 13.6 Å². The fourth-order valence-electron chi connectivity index (χ4n) is 3.98. The molecule has 4 heterocycles. The third-order valence-corrected chi connectivity index (χ3v) is 5.12. The van der Waals surface area contributed by atoms with Crippen molar-refractivity contribution >= 4 is 0 Å². The van der Waals surface area contributed by atoms with E-state index in [1.165, 1.54) is 12.0 Å². The molecule has 2 aliphatic heterocycles. The summed E-state index contributed by atoms with van der Waals surface area (Å²) >= 11 is 0. The molecule has 0 bridgehead atoms. The van der Waals surface area contributed by atoms with E-state index in [2.05, 4.69) is 22.9 Å². The van der Waals surface area contributed by atoms with E-state index in [1.807, 2.05) is 18.4 Å². The summed E-state index contributed by atoms with van der Waals surface area (Å²) in [5.74, 6) is 1.01. The SMILES string of the molecule is CN(Cc1ccco1)[C@@H]1CN(Cc2ccoc2)[C@@H]2CCCO[C@H]12. The zero-order valence-corrected chi connectivity index (χ0v) is 13.6. The number of rotatable bonds is 5. The summed E-state index contributed by atoms with van der Waals surface area (Å²) in [4.78, 5) is 4.93. The molecule has 2 aromatic heterocycles. The molecule has 2 saturated heterocycles. The second-order valence-corrected chi connectivity index (χ2v) is 6.67. The molecule has 2 aliphatic rings. The summed E-state index contributed by atoms with van der Waals surface area (Å²) in [6.45, 7) is 3.67. The summed E-state index contributed by atoms with van der Waals surface area (Å²) in [5, 5.41) is 0. The highest BCUT2D eigenvalue weighted by atomic mass is 16.5. The Morgan fingerprint density at radius 3 is 3.04 bits per heavy atom. The van der Waals surface area contributed by atoms with Crippen molar-refractivity contribution in [3.63, 3.8) is 0 Å². The van der Waals surface area contributed by atoms with Crippen molar-refractivity contribution in [3.05, 3.63) is 48.3 Å². The van der Waals surface area contributed by atoms with Crippen LogP contribution < -0.4 is 0 Å². The van der Waals surface area contributed by atoms with Gasteiger partial charge in [-0.15, -0.1) is 0 Å². The van der Waals surface area contributed by atoms with Crippen LogP contribution in [0, 0.1) is 0 Å². The van der Waals surface area contributed by atoms with Crippen LogP contribution in [0.15, 0.2) is 45.8 Å². The van der Waals surface area contributed by atoms with E-state index in [-0.39, 0.29) is 6.10 Å². The van der Waals surface area contributed by atoms with Crippen LogP contribution in [-0.2, 0) is 17.8 Å². The monoisotopic (exact) mass is 316 g/mol. The number of ether oxygens (including phenoxy) is 1. The number of likely N-dealkylation sites (N-methyl/N-ethyl adjacent to an activating group) is 1. The molecule has 0 aromatic carbocycles. The molecule has 0 amide bonds. The van der Waals surface area contributed by atoms with Crippen LogP contribution in [0.4, 0.5) is 0 Å². The molecule has 4 rings (SSSR count). The van der Waals surface area contributed by atoms with Crippen LogP contribution in [-0.4, -0.2) is 48.2 Å². The van der Waals surface area contributed by atoms with Gasteiger partial charge in [0.05, 0.1) is 37.5 Å².